The first-order valence-electron chi connectivity index (χ1n) is 29.7. The number of nitrogens with zero attached hydrogens (tertiary/aromatic N) is 1. The van der Waals surface area contributed by atoms with E-state index in [9.17, 15) is 19.2 Å². The summed E-state index contributed by atoms with van der Waals surface area (Å²) in [6.07, 6.45) is 39.3. The number of hydrogen-bond donors (Lipinski definition) is 5. The second kappa shape index (κ2) is 50.5. The number of urea groups is 2. The molecule has 75 heavy (non-hydrogen) atoms. The summed E-state index contributed by atoms with van der Waals surface area (Å²) < 4.78 is 34.9. The lowest BCUT2D eigenvalue weighted by Gasteiger charge is -2.27. The number of nitrogens with one attached hydrogen (secondary N) is 5. The number of likely N-dealkylation sites (N-methyl/N-ethyl adjacent to an activating group) is 2. The number of rotatable bonds is 44. The molecule has 2 aliphatic rings. The quantitative estimate of drug-likeness (QED) is 0.0324. The second-order valence-electron chi connectivity index (χ2n) is 22.5. The Kier molecular flexibility index (Phi) is 50.7. The number of carbonyl (C=O) groups excluding carboxylic acids is 4. The SMILES string of the molecule is CCCCCCCCCCCCCCCCOCC1(COC(=O)NC(=O)NCC[N+](C)(C)C)CCCO1.CCCCCCCCCCCCCCCCOCC1(COC(=O)NC(=O)NCC[NH+](C)C)CCCO1.[Cl-].[I-]. The van der Waals surface area contributed by atoms with E-state index in [0.717, 1.165) is 56.1 Å². The van der Waals surface area contributed by atoms with E-state index in [2.05, 4.69) is 35.1 Å². The molecular formula is C57H114ClIN6O10. The van der Waals surface area contributed by atoms with E-state index in [-0.39, 0.29) is 49.6 Å². The highest BCUT2D eigenvalue weighted by Crippen LogP contribution is 2.28. The average molecular weight is 1210 g/mol. The monoisotopic (exact) mass is 1200 g/mol. The van der Waals surface area contributed by atoms with Gasteiger partial charge in [0.15, 0.2) is 0 Å². The molecule has 446 valence electrons. The summed E-state index contributed by atoms with van der Waals surface area (Å²) in [7, 11) is 10.1. The minimum atomic E-state index is -0.760. The summed E-state index contributed by atoms with van der Waals surface area (Å²) in [6, 6.07) is -1.09. The van der Waals surface area contributed by atoms with Crippen LogP contribution in [-0.4, -0.2) is 154 Å². The number of amides is 6. The smallest absolute Gasteiger partial charge is 0.415 e. The van der Waals surface area contributed by atoms with Crippen LogP contribution in [0, 0.1) is 0 Å². The number of ether oxygens (including phenoxy) is 6. The summed E-state index contributed by atoms with van der Waals surface area (Å²) in [6.45, 7) is 10.7. The maximum atomic E-state index is 12.0. The van der Waals surface area contributed by atoms with Crippen LogP contribution in [0.25, 0.3) is 0 Å². The largest absolute Gasteiger partial charge is 1.00 e. The number of imide groups is 2. The number of quaternary nitrogens is 2. The number of alkyl carbamates (subject to hydrolysis) is 2. The van der Waals surface area contributed by atoms with Crippen LogP contribution in [0.5, 0.6) is 0 Å². The molecule has 0 spiro atoms. The predicted octanol–water partition coefficient (Wildman–Crippen LogP) is 4.80. The van der Waals surface area contributed by atoms with Crippen LogP contribution in [0.4, 0.5) is 19.2 Å². The van der Waals surface area contributed by atoms with Gasteiger partial charge in [-0.1, -0.05) is 181 Å². The molecule has 0 aromatic carbocycles. The van der Waals surface area contributed by atoms with Crippen molar-refractivity contribution in [3.63, 3.8) is 0 Å². The van der Waals surface area contributed by atoms with E-state index >= 15 is 0 Å². The number of unbranched alkanes of at least 4 members (excludes halogenated alkanes) is 26. The van der Waals surface area contributed by atoms with E-state index in [4.69, 9.17) is 28.4 Å². The fourth-order valence-electron chi connectivity index (χ4n) is 9.03. The highest BCUT2D eigenvalue weighted by atomic mass is 127. The molecule has 0 aromatic heterocycles. The van der Waals surface area contributed by atoms with Crippen LogP contribution in [0.2, 0.25) is 0 Å². The fourth-order valence-corrected chi connectivity index (χ4v) is 9.03. The first-order valence-corrected chi connectivity index (χ1v) is 29.7. The molecule has 6 amide bonds. The lowest BCUT2D eigenvalue weighted by Crippen LogP contribution is -3.06. The van der Waals surface area contributed by atoms with Crippen molar-refractivity contribution in [1.82, 2.24) is 21.3 Å². The van der Waals surface area contributed by atoms with Crippen molar-refractivity contribution >= 4 is 24.2 Å². The van der Waals surface area contributed by atoms with Crippen molar-refractivity contribution in [2.24, 2.45) is 0 Å². The molecule has 2 heterocycles. The molecule has 0 bridgehead atoms. The number of hydrogen-bond acceptors (Lipinski definition) is 10. The van der Waals surface area contributed by atoms with Gasteiger partial charge >= 0.3 is 24.2 Å². The van der Waals surface area contributed by atoms with E-state index in [1.807, 2.05) is 35.2 Å². The van der Waals surface area contributed by atoms with Crippen molar-refractivity contribution in [3.8, 4) is 0 Å². The number of halogens is 2. The van der Waals surface area contributed by atoms with E-state index in [0.29, 0.717) is 52.7 Å². The minimum absolute atomic E-state index is 0. The Morgan fingerprint density at radius 1 is 0.493 bits per heavy atom. The minimum Gasteiger partial charge on any atom is -1.00 e. The third kappa shape index (κ3) is 46.8. The van der Waals surface area contributed by atoms with Crippen LogP contribution in [0.1, 0.15) is 219 Å². The van der Waals surface area contributed by atoms with Crippen LogP contribution >= 0.6 is 0 Å². The van der Waals surface area contributed by atoms with Gasteiger partial charge in [0.2, 0.25) is 0 Å². The van der Waals surface area contributed by atoms with E-state index in [1.54, 1.807) is 0 Å². The van der Waals surface area contributed by atoms with E-state index < -0.39 is 35.5 Å². The van der Waals surface area contributed by atoms with E-state index in [1.165, 1.54) is 172 Å². The Labute approximate surface area is 481 Å². The predicted molar refractivity (Wildman–Crippen MR) is 294 cm³/mol. The lowest BCUT2D eigenvalue weighted by molar-refractivity contribution is -0.869. The molecule has 2 atom stereocenters. The summed E-state index contributed by atoms with van der Waals surface area (Å²) in [4.78, 5) is 48.9. The molecule has 2 aliphatic heterocycles. The number of carbonyl (C=O) groups is 4. The van der Waals surface area contributed by atoms with Crippen LogP contribution in [0.15, 0.2) is 0 Å². The molecule has 2 fully saturated rings. The molecule has 2 rings (SSSR count). The second-order valence-corrected chi connectivity index (χ2v) is 22.5. The molecule has 16 nitrogen and oxygen atoms in total. The maximum absolute atomic E-state index is 12.0. The van der Waals surface area contributed by atoms with Crippen molar-refractivity contribution < 1.29 is 93.4 Å². The molecule has 0 radical (unpaired) electrons. The normalized spacial score (nSPS) is 17.1. The van der Waals surface area contributed by atoms with Gasteiger partial charge in [0.1, 0.15) is 24.4 Å². The lowest BCUT2D eigenvalue weighted by atomic mass is 10.0. The van der Waals surface area contributed by atoms with Crippen molar-refractivity contribution in [2.75, 3.05) is 114 Å². The molecule has 5 N–H and O–H groups in total. The molecule has 0 aromatic rings. The van der Waals surface area contributed by atoms with Crippen LogP contribution in [-0.2, 0) is 28.4 Å². The summed E-state index contributed by atoms with van der Waals surface area (Å²) in [5.41, 5.74) is -1.20. The molecule has 2 unspecified atom stereocenters. The van der Waals surface area contributed by atoms with Gasteiger partial charge < -0.3 is 84.8 Å². The van der Waals surface area contributed by atoms with Gasteiger partial charge in [0.05, 0.1) is 74.6 Å². The van der Waals surface area contributed by atoms with Crippen molar-refractivity contribution in [3.05, 3.63) is 0 Å². The Bertz CT molecular complexity index is 1360. The first kappa shape index (κ1) is 75.3. The van der Waals surface area contributed by atoms with Gasteiger partial charge in [-0.2, -0.15) is 0 Å². The Morgan fingerprint density at radius 3 is 1.11 bits per heavy atom. The Balaban J connectivity index is 0. The highest BCUT2D eigenvalue weighted by Gasteiger charge is 2.38. The zero-order valence-electron chi connectivity index (χ0n) is 48.9. The van der Waals surface area contributed by atoms with Gasteiger partial charge in [-0.3, -0.25) is 0 Å². The van der Waals surface area contributed by atoms with Gasteiger partial charge in [0.25, 0.3) is 0 Å². The van der Waals surface area contributed by atoms with Crippen LogP contribution in [0.3, 0.4) is 0 Å². The van der Waals surface area contributed by atoms with Gasteiger partial charge in [-0.05, 0) is 38.5 Å². The third-order valence-electron chi connectivity index (χ3n) is 13.7. The molecule has 0 saturated carbocycles. The zero-order valence-corrected chi connectivity index (χ0v) is 51.8. The summed E-state index contributed by atoms with van der Waals surface area (Å²) in [5, 5.41) is 9.73. The summed E-state index contributed by atoms with van der Waals surface area (Å²) in [5.74, 6) is 0. The topological polar surface area (TPSA) is 176 Å². The standard InChI is InChI=1S/C29H57N3O5.C28H55N3O5.ClH.HI/c1-5-6-7-8-9-10-11-12-13-14-15-16-17-18-23-35-25-29(20-19-24-37-29)26-36-28(34)31-27(33)30-21-22-32(2,3)4;1-4-5-6-7-8-9-10-11-12-13-14-15-16-17-22-34-24-28(19-18-23-36-28)25-35-27(33)30-26(32)29-20-21-31(2)3;;/h5-26H2,1-4H3,(H-,30,31,33,34);4-25H2,1-3H3,(H2,29,30,32,33);2*1H. The van der Waals surface area contributed by atoms with Crippen molar-refractivity contribution in [1.29, 1.82) is 0 Å². The molecular weight excluding hydrogens is 1090 g/mol. The van der Waals surface area contributed by atoms with Crippen LogP contribution < -0.4 is 62.6 Å². The fraction of sp³-hybridized carbons (Fsp3) is 0.930. The first-order chi connectivity index (χ1) is 35.2. The maximum Gasteiger partial charge on any atom is 0.415 e. The highest BCUT2D eigenvalue weighted by molar-refractivity contribution is 5.91. The van der Waals surface area contributed by atoms with Gasteiger partial charge in [0, 0.05) is 26.4 Å². The van der Waals surface area contributed by atoms with Gasteiger partial charge in [-0.25, -0.2) is 29.8 Å². The zero-order chi connectivity index (χ0) is 53.6. The average Bonchev–Trinajstić information content (AvgIpc) is 4.03. The summed E-state index contributed by atoms with van der Waals surface area (Å²) >= 11 is 0. The molecule has 2 saturated heterocycles. The third-order valence-corrected chi connectivity index (χ3v) is 13.7. The van der Waals surface area contributed by atoms with Crippen molar-refractivity contribution in [2.45, 2.75) is 231 Å². The van der Waals surface area contributed by atoms with Gasteiger partial charge in [-0.15, -0.1) is 0 Å². The Hall–Kier alpha value is -1.74. The molecule has 0 aliphatic carbocycles. The Morgan fingerprint density at radius 2 is 0.813 bits per heavy atom. The molecule has 18 heteroatoms.